The number of anilines is 1. The number of pyridine rings is 1. The lowest BCUT2D eigenvalue weighted by Crippen LogP contribution is -2.15. The van der Waals surface area contributed by atoms with Gasteiger partial charge in [0.15, 0.2) is 5.82 Å². The van der Waals surface area contributed by atoms with Gasteiger partial charge in [-0.1, -0.05) is 48.0 Å². The number of nitrogens with one attached hydrogen (secondary N) is 1. The average Bonchev–Trinajstić information content (AvgIpc) is 2.62. The second kappa shape index (κ2) is 7.07. The molecular formula is C17H15ClN4O. The smallest absolute Gasteiger partial charge is 0.318 e. The molecule has 0 fully saturated rings. The van der Waals surface area contributed by atoms with Gasteiger partial charge in [-0.3, -0.25) is 4.98 Å². The summed E-state index contributed by atoms with van der Waals surface area (Å²) in [6, 6.07) is 15.8. The molecule has 2 heterocycles. The van der Waals surface area contributed by atoms with Crippen molar-refractivity contribution in [2.45, 2.75) is 6.04 Å². The summed E-state index contributed by atoms with van der Waals surface area (Å²) >= 11 is 6.21. The fourth-order valence-electron chi connectivity index (χ4n) is 2.21. The first-order valence-electron chi connectivity index (χ1n) is 7.07. The average molecular weight is 327 g/mol. The number of methoxy groups -OCH3 is 1. The minimum absolute atomic E-state index is 0.186. The highest BCUT2D eigenvalue weighted by atomic mass is 35.5. The Kier molecular flexibility index (Phi) is 4.68. The molecule has 116 valence electrons. The van der Waals surface area contributed by atoms with Crippen LogP contribution in [0.5, 0.6) is 6.01 Å². The van der Waals surface area contributed by atoms with Crippen molar-refractivity contribution in [2.24, 2.45) is 0 Å². The predicted octanol–water partition coefficient (Wildman–Crippen LogP) is 3.74. The van der Waals surface area contributed by atoms with E-state index in [9.17, 15) is 0 Å². The number of rotatable bonds is 5. The highest BCUT2D eigenvalue weighted by Crippen LogP contribution is 2.28. The lowest BCUT2D eigenvalue weighted by Gasteiger charge is -2.20. The molecule has 0 saturated heterocycles. The Morgan fingerprint density at radius 3 is 2.52 bits per heavy atom. The minimum atomic E-state index is -0.186. The van der Waals surface area contributed by atoms with Crippen LogP contribution >= 0.6 is 11.6 Å². The van der Waals surface area contributed by atoms with E-state index in [0.29, 0.717) is 10.8 Å². The van der Waals surface area contributed by atoms with Crippen LogP contribution in [0.2, 0.25) is 5.02 Å². The van der Waals surface area contributed by atoms with Crippen LogP contribution in [0.4, 0.5) is 5.82 Å². The van der Waals surface area contributed by atoms with Crippen molar-refractivity contribution in [1.82, 2.24) is 15.0 Å². The molecule has 1 unspecified atom stereocenters. The number of nitrogens with zero attached hydrogens (tertiary/aromatic N) is 3. The van der Waals surface area contributed by atoms with Crippen molar-refractivity contribution in [2.75, 3.05) is 12.4 Å². The first-order valence-corrected chi connectivity index (χ1v) is 7.44. The number of ether oxygens (including phenoxy) is 1. The molecule has 1 atom stereocenters. The fourth-order valence-corrected chi connectivity index (χ4v) is 2.35. The maximum Gasteiger partial charge on any atom is 0.318 e. The first kappa shape index (κ1) is 15.2. The van der Waals surface area contributed by atoms with Gasteiger partial charge in [-0.05, 0) is 17.7 Å². The third-order valence-electron chi connectivity index (χ3n) is 3.30. The number of aromatic nitrogens is 3. The molecule has 6 heteroatoms. The standard InChI is InChI=1S/C17H15ClN4O/c1-23-17-20-11-13(18)16(22-17)21-15(12-7-3-2-4-8-12)14-9-5-6-10-19-14/h2-11,15H,1H3,(H,20,21,22). The zero-order chi connectivity index (χ0) is 16.1. The number of hydrogen-bond acceptors (Lipinski definition) is 5. The van der Waals surface area contributed by atoms with Gasteiger partial charge in [0, 0.05) is 6.20 Å². The Morgan fingerprint density at radius 1 is 1.04 bits per heavy atom. The number of hydrogen-bond donors (Lipinski definition) is 1. The summed E-state index contributed by atoms with van der Waals surface area (Å²) in [5, 5.41) is 3.75. The van der Waals surface area contributed by atoms with Gasteiger partial charge < -0.3 is 10.1 Å². The van der Waals surface area contributed by atoms with Gasteiger partial charge in [0.25, 0.3) is 0 Å². The van der Waals surface area contributed by atoms with Crippen molar-refractivity contribution in [1.29, 1.82) is 0 Å². The zero-order valence-electron chi connectivity index (χ0n) is 12.5. The van der Waals surface area contributed by atoms with E-state index in [0.717, 1.165) is 11.3 Å². The van der Waals surface area contributed by atoms with E-state index in [4.69, 9.17) is 16.3 Å². The van der Waals surface area contributed by atoms with E-state index in [2.05, 4.69) is 20.3 Å². The van der Waals surface area contributed by atoms with Crippen LogP contribution in [0.25, 0.3) is 0 Å². The summed E-state index contributed by atoms with van der Waals surface area (Å²) in [6.07, 6.45) is 3.27. The largest absolute Gasteiger partial charge is 0.467 e. The molecule has 3 rings (SSSR count). The molecule has 0 aliphatic heterocycles. The van der Waals surface area contributed by atoms with Gasteiger partial charge in [0.1, 0.15) is 5.02 Å². The summed E-state index contributed by atoms with van der Waals surface area (Å²) in [4.78, 5) is 12.7. The van der Waals surface area contributed by atoms with Crippen LogP contribution in [0, 0.1) is 0 Å². The van der Waals surface area contributed by atoms with Gasteiger partial charge in [-0.25, -0.2) is 4.98 Å². The molecule has 1 aromatic carbocycles. The van der Waals surface area contributed by atoms with Crippen molar-refractivity contribution in [3.05, 3.63) is 77.2 Å². The topological polar surface area (TPSA) is 59.9 Å². The molecule has 0 amide bonds. The summed E-state index contributed by atoms with van der Waals surface area (Å²) in [6.45, 7) is 0. The molecule has 0 spiro atoms. The molecule has 0 radical (unpaired) electrons. The maximum atomic E-state index is 6.21. The lowest BCUT2D eigenvalue weighted by atomic mass is 10.0. The predicted molar refractivity (Wildman–Crippen MR) is 89.7 cm³/mol. The molecule has 1 N–H and O–H groups in total. The Balaban J connectivity index is 2.00. The SMILES string of the molecule is COc1ncc(Cl)c(NC(c2ccccc2)c2ccccn2)n1. The Morgan fingerprint density at radius 2 is 1.83 bits per heavy atom. The second-order valence-corrected chi connectivity index (χ2v) is 5.20. The highest BCUT2D eigenvalue weighted by Gasteiger charge is 2.17. The summed E-state index contributed by atoms with van der Waals surface area (Å²) in [5.74, 6) is 0.498. The van der Waals surface area contributed by atoms with Crippen LogP contribution in [-0.2, 0) is 0 Å². The van der Waals surface area contributed by atoms with Gasteiger partial charge in [-0.2, -0.15) is 4.98 Å². The monoisotopic (exact) mass is 326 g/mol. The molecule has 3 aromatic rings. The first-order chi connectivity index (χ1) is 11.3. The molecule has 23 heavy (non-hydrogen) atoms. The van der Waals surface area contributed by atoms with Gasteiger partial charge in [-0.15, -0.1) is 0 Å². The Labute approximate surface area is 139 Å². The van der Waals surface area contributed by atoms with Gasteiger partial charge in [0.05, 0.1) is 25.0 Å². The van der Waals surface area contributed by atoms with Crippen molar-refractivity contribution < 1.29 is 4.74 Å². The van der Waals surface area contributed by atoms with E-state index in [1.807, 2.05) is 48.5 Å². The normalized spacial score (nSPS) is 11.7. The second-order valence-electron chi connectivity index (χ2n) is 4.80. The van der Waals surface area contributed by atoms with Crippen LogP contribution < -0.4 is 10.1 Å². The fraction of sp³-hybridized carbons (Fsp3) is 0.118. The Bertz CT molecular complexity index is 729. The van der Waals surface area contributed by atoms with E-state index in [1.165, 1.54) is 13.3 Å². The third-order valence-corrected chi connectivity index (χ3v) is 3.58. The summed E-state index contributed by atoms with van der Waals surface area (Å²) in [5.41, 5.74) is 1.92. The van der Waals surface area contributed by atoms with E-state index in [-0.39, 0.29) is 12.1 Å². The van der Waals surface area contributed by atoms with Crippen LogP contribution in [0.3, 0.4) is 0 Å². The number of benzene rings is 1. The van der Waals surface area contributed by atoms with Crippen molar-refractivity contribution >= 4 is 17.4 Å². The molecule has 5 nitrogen and oxygen atoms in total. The summed E-state index contributed by atoms with van der Waals surface area (Å²) < 4.78 is 5.07. The molecule has 2 aromatic heterocycles. The van der Waals surface area contributed by atoms with Crippen LogP contribution in [0.15, 0.2) is 60.9 Å². The molecule has 0 bridgehead atoms. The van der Waals surface area contributed by atoms with Gasteiger partial charge in [0.2, 0.25) is 0 Å². The van der Waals surface area contributed by atoms with E-state index in [1.54, 1.807) is 6.20 Å². The third kappa shape index (κ3) is 3.57. The van der Waals surface area contributed by atoms with Gasteiger partial charge >= 0.3 is 6.01 Å². The van der Waals surface area contributed by atoms with Crippen LogP contribution in [0.1, 0.15) is 17.3 Å². The van der Waals surface area contributed by atoms with E-state index >= 15 is 0 Å². The molecule has 0 aliphatic rings. The minimum Gasteiger partial charge on any atom is -0.467 e. The molecular weight excluding hydrogens is 312 g/mol. The molecule has 0 aliphatic carbocycles. The van der Waals surface area contributed by atoms with Crippen LogP contribution in [-0.4, -0.2) is 22.1 Å². The number of halogens is 1. The maximum absolute atomic E-state index is 6.21. The van der Waals surface area contributed by atoms with E-state index < -0.39 is 0 Å². The molecule has 0 saturated carbocycles. The summed E-state index contributed by atoms with van der Waals surface area (Å²) in [7, 11) is 1.51. The Hall–Kier alpha value is -2.66. The van der Waals surface area contributed by atoms with Crippen molar-refractivity contribution in [3.63, 3.8) is 0 Å². The highest BCUT2D eigenvalue weighted by molar-refractivity contribution is 6.32. The zero-order valence-corrected chi connectivity index (χ0v) is 13.2. The lowest BCUT2D eigenvalue weighted by molar-refractivity contribution is 0.380. The quantitative estimate of drug-likeness (QED) is 0.774. The van der Waals surface area contributed by atoms with Crippen molar-refractivity contribution in [3.8, 4) is 6.01 Å².